The highest BCUT2D eigenvalue weighted by Crippen LogP contribution is 2.08. The first-order chi connectivity index (χ1) is 9.89. The molecule has 2 N–H and O–H groups in total. The summed E-state index contributed by atoms with van der Waals surface area (Å²) >= 11 is 0. The lowest BCUT2D eigenvalue weighted by molar-refractivity contribution is 0.0504. The molecule has 0 spiro atoms. The summed E-state index contributed by atoms with van der Waals surface area (Å²) in [5.41, 5.74) is -0.961. The van der Waals surface area contributed by atoms with Crippen molar-refractivity contribution in [3.05, 3.63) is 0 Å². The molecule has 0 bridgehead atoms. The topological polar surface area (TPSA) is 76.7 Å². The predicted octanol–water partition coefficient (Wildman–Crippen LogP) is 3.59. The SMILES string of the molecule is C[C@@H](CCCCNC(=O)OC(C)(C)C)NC(=O)OC(C)(C)C. The standard InChI is InChI=1S/C16H32N2O4/c1-12(18-14(20)22-16(5,6)7)10-8-9-11-17-13(19)21-15(2,3)4/h12H,8-11H2,1-7H3,(H,17,19)(H,18,20)/t12-/m0/s1. The summed E-state index contributed by atoms with van der Waals surface area (Å²) in [6, 6.07) is 0.0383. The van der Waals surface area contributed by atoms with Crippen LogP contribution in [0, 0.1) is 0 Å². The summed E-state index contributed by atoms with van der Waals surface area (Å²) in [7, 11) is 0. The minimum Gasteiger partial charge on any atom is -0.444 e. The fraction of sp³-hybridized carbons (Fsp3) is 0.875. The highest BCUT2D eigenvalue weighted by Gasteiger charge is 2.17. The summed E-state index contributed by atoms with van der Waals surface area (Å²) in [5.74, 6) is 0. The summed E-state index contributed by atoms with van der Waals surface area (Å²) in [6.07, 6.45) is 1.76. The van der Waals surface area contributed by atoms with E-state index in [1.165, 1.54) is 0 Å². The zero-order valence-corrected chi connectivity index (χ0v) is 15.0. The number of hydrogen-bond acceptors (Lipinski definition) is 4. The van der Waals surface area contributed by atoms with E-state index in [1.54, 1.807) is 0 Å². The van der Waals surface area contributed by atoms with Crippen molar-refractivity contribution in [1.82, 2.24) is 10.6 Å². The first-order valence-electron chi connectivity index (χ1n) is 7.85. The van der Waals surface area contributed by atoms with Gasteiger partial charge in [0.05, 0.1) is 0 Å². The summed E-state index contributed by atoms with van der Waals surface area (Å²) in [5, 5.41) is 5.51. The second kappa shape index (κ2) is 8.86. The number of amides is 2. The molecule has 2 amide bonds. The lowest BCUT2D eigenvalue weighted by Crippen LogP contribution is -2.37. The number of hydrogen-bond donors (Lipinski definition) is 2. The van der Waals surface area contributed by atoms with Crippen molar-refractivity contribution in [1.29, 1.82) is 0 Å². The van der Waals surface area contributed by atoms with Crippen LogP contribution in [0.1, 0.15) is 67.7 Å². The Kier molecular flexibility index (Phi) is 8.27. The average Bonchev–Trinajstić information content (AvgIpc) is 2.22. The Balaban J connectivity index is 3.71. The van der Waals surface area contributed by atoms with E-state index in [-0.39, 0.29) is 6.04 Å². The van der Waals surface area contributed by atoms with Crippen LogP contribution in [0.3, 0.4) is 0 Å². The molecule has 0 saturated carbocycles. The summed E-state index contributed by atoms with van der Waals surface area (Å²) in [4.78, 5) is 23.0. The second-order valence-corrected chi connectivity index (χ2v) is 7.47. The predicted molar refractivity (Wildman–Crippen MR) is 86.9 cm³/mol. The number of carbonyl (C=O) groups excluding carboxylic acids is 2. The normalized spacial score (nSPS) is 13.2. The Hall–Kier alpha value is -1.46. The molecule has 0 rings (SSSR count). The minimum absolute atomic E-state index is 0.0383. The molecule has 0 aliphatic rings. The smallest absolute Gasteiger partial charge is 0.407 e. The second-order valence-electron chi connectivity index (χ2n) is 7.47. The summed E-state index contributed by atoms with van der Waals surface area (Å²) < 4.78 is 10.3. The van der Waals surface area contributed by atoms with Crippen LogP contribution < -0.4 is 10.6 Å². The Morgan fingerprint density at radius 2 is 1.41 bits per heavy atom. The van der Waals surface area contributed by atoms with Crippen molar-refractivity contribution >= 4 is 12.2 Å². The molecule has 0 aliphatic carbocycles. The highest BCUT2D eigenvalue weighted by atomic mass is 16.6. The van der Waals surface area contributed by atoms with Crippen LogP contribution in [-0.4, -0.2) is 36.0 Å². The maximum Gasteiger partial charge on any atom is 0.407 e. The van der Waals surface area contributed by atoms with Crippen LogP contribution >= 0.6 is 0 Å². The van der Waals surface area contributed by atoms with Crippen LogP contribution in [0.25, 0.3) is 0 Å². The Labute approximate surface area is 134 Å². The zero-order chi connectivity index (χ0) is 17.4. The van der Waals surface area contributed by atoms with E-state index < -0.39 is 23.4 Å². The molecule has 22 heavy (non-hydrogen) atoms. The van der Waals surface area contributed by atoms with Gasteiger partial charge in [-0.1, -0.05) is 0 Å². The van der Waals surface area contributed by atoms with E-state index in [0.717, 1.165) is 19.3 Å². The van der Waals surface area contributed by atoms with Gasteiger partial charge >= 0.3 is 12.2 Å². The van der Waals surface area contributed by atoms with E-state index >= 15 is 0 Å². The molecule has 0 unspecified atom stereocenters. The molecule has 0 aromatic carbocycles. The Bertz CT molecular complexity index is 356. The quantitative estimate of drug-likeness (QED) is 0.734. The number of alkyl carbamates (subject to hydrolysis) is 2. The number of nitrogens with one attached hydrogen (secondary N) is 2. The molecular formula is C16H32N2O4. The molecule has 0 saturated heterocycles. The molecule has 0 aromatic heterocycles. The van der Waals surface area contributed by atoms with Gasteiger partial charge in [-0.15, -0.1) is 0 Å². The van der Waals surface area contributed by atoms with Gasteiger partial charge in [-0.2, -0.15) is 0 Å². The average molecular weight is 316 g/mol. The van der Waals surface area contributed by atoms with Crippen molar-refractivity contribution in [3.8, 4) is 0 Å². The van der Waals surface area contributed by atoms with E-state index in [9.17, 15) is 9.59 Å². The van der Waals surface area contributed by atoms with Crippen molar-refractivity contribution in [2.24, 2.45) is 0 Å². The van der Waals surface area contributed by atoms with Crippen molar-refractivity contribution in [2.75, 3.05) is 6.54 Å². The van der Waals surface area contributed by atoms with Crippen LogP contribution in [0.2, 0.25) is 0 Å². The number of unbranched alkanes of at least 4 members (excludes halogenated alkanes) is 1. The fourth-order valence-electron chi connectivity index (χ4n) is 1.66. The molecular weight excluding hydrogens is 284 g/mol. The molecule has 0 heterocycles. The van der Waals surface area contributed by atoms with Gasteiger partial charge in [0.2, 0.25) is 0 Å². The molecule has 6 nitrogen and oxygen atoms in total. The molecule has 1 atom stereocenters. The maximum absolute atomic E-state index is 11.6. The maximum atomic E-state index is 11.6. The number of carbonyl (C=O) groups is 2. The van der Waals surface area contributed by atoms with Crippen LogP contribution in [0.15, 0.2) is 0 Å². The van der Waals surface area contributed by atoms with E-state index in [2.05, 4.69) is 10.6 Å². The third-order valence-corrected chi connectivity index (χ3v) is 2.50. The molecule has 0 fully saturated rings. The Morgan fingerprint density at radius 3 is 1.91 bits per heavy atom. The van der Waals surface area contributed by atoms with Gasteiger partial charge in [0.15, 0.2) is 0 Å². The van der Waals surface area contributed by atoms with Gasteiger partial charge in [0.25, 0.3) is 0 Å². The van der Waals surface area contributed by atoms with Crippen molar-refractivity contribution in [2.45, 2.75) is 85.0 Å². The first kappa shape index (κ1) is 20.5. The number of rotatable bonds is 6. The lowest BCUT2D eigenvalue weighted by Gasteiger charge is -2.22. The molecule has 130 valence electrons. The lowest BCUT2D eigenvalue weighted by atomic mass is 10.1. The zero-order valence-electron chi connectivity index (χ0n) is 15.0. The molecule has 6 heteroatoms. The monoisotopic (exact) mass is 316 g/mol. The first-order valence-corrected chi connectivity index (χ1v) is 7.85. The summed E-state index contributed by atoms with van der Waals surface area (Å²) in [6.45, 7) is 13.5. The van der Waals surface area contributed by atoms with Gasteiger partial charge < -0.3 is 20.1 Å². The third-order valence-electron chi connectivity index (χ3n) is 2.50. The molecule has 0 radical (unpaired) electrons. The Morgan fingerprint density at radius 1 is 0.909 bits per heavy atom. The molecule has 0 aliphatic heterocycles. The van der Waals surface area contributed by atoms with Crippen molar-refractivity contribution < 1.29 is 19.1 Å². The van der Waals surface area contributed by atoms with E-state index in [1.807, 2.05) is 48.5 Å². The van der Waals surface area contributed by atoms with Gasteiger partial charge in [-0.3, -0.25) is 0 Å². The third kappa shape index (κ3) is 13.5. The van der Waals surface area contributed by atoms with Crippen LogP contribution in [0.4, 0.5) is 9.59 Å². The minimum atomic E-state index is -0.485. The van der Waals surface area contributed by atoms with Crippen LogP contribution in [0.5, 0.6) is 0 Å². The fourth-order valence-corrected chi connectivity index (χ4v) is 1.66. The van der Waals surface area contributed by atoms with Gasteiger partial charge in [0, 0.05) is 12.6 Å². The van der Waals surface area contributed by atoms with Gasteiger partial charge in [0.1, 0.15) is 11.2 Å². The van der Waals surface area contributed by atoms with Crippen molar-refractivity contribution in [3.63, 3.8) is 0 Å². The highest BCUT2D eigenvalue weighted by molar-refractivity contribution is 5.68. The van der Waals surface area contributed by atoms with E-state index in [4.69, 9.17) is 9.47 Å². The van der Waals surface area contributed by atoms with Crippen LogP contribution in [-0.2, 0) is 9.47 Å². The van der Waals surface area contributed by atoms with Gasteiger partial charge in [-0.05, 0) is 67.7 Å². The van der Waals surface area contributed by atoms with Gasteiger partial charge in [-0.25, -0.2) is 9.59 Å². The van der Waals surface area contributed by atoms with E-state index in [0.29, 0.717) is 6.54 Å². The molecule has 0 aromatic rings. The number of ether oxygens (including phenoxy) is 2. The largest absolute Gasteiger partial charge is 0.444 e.